The third kappa shape index (κ3) is 4.07. The molecule has 4 aliphatic rings. The van der Waals surface area contributed by atoms with Crippen LogP contribution in [0, 0.1) is 17.3 Å². The molecule has 0 bridgehead atoms. The van der Waals surface area contributed by atoms with E-state index in [1.807, 2.05) is 12.1 Å². The first kappa shape index (κ1) is 25.1. The van der Waals surface area contributed by atoms with Crippen molar-refractivity contribution in [3.63, 3.8) is 0 Å². The Morgan fingerprint density at radius 3 is 2.61 bits per heavy atom. The molecule has 3 fully saturated rings. The number of carbonyl (C=O) groups excluding carboxylic acids is 2. The molecular formula is C24H29NaO8. The first-order chi connectivity index (χ1) is 15.2. The summed E-state index contributed by atoms with van der Waals surface area (Å²) >= 11 is 0. The number of carbonyl (C=O) groups is 2. The van der Waals surface area contributed by atoms with Crippen molar-refractivity contribution < 1.29 is 69.0 Å². The van der Waals surface area contributed by atoms with E-state index in [-0.39, 0.29) is 35.0 Å². The number of carboxylic acid groups (broad SMARTS) is 1. The Labute approximate surface area is 214 Å². The van der Waals surface area contributed by atoms with Crippen LogP contribution in [0.3, 0.4) is 0 Å². The van der Waals surface area contributed by atoms with Crippen LogP contribution in [-0.4, -0.2) is 57.8 Å². The maximum atomic E-state index is 12.5. The fraction of sp³-hybridized carbons (Fsp3) is 0.667. The Morgan fingerprint density at radius 1 is 1.12 bits per heavy atom. The third-order valence-corrected chi connectivity index (χ3v) is 8.46. The number of hydrogen-bond acceptors (Lipinski definition) is 8. The molecule has 0 spiro atoms. The van der Waals surface area contributed by atoms with Crippen molar-refractivity contribution in [3.8, 4) is 5.75 Å². The van der Waals surface area contributed by atoms with Crippen LogP contribution in [0.5, 0.6) is 5.75 Å². The number of carboxylic acids is 1. The Morgan fingerprint density at radius 2 is 1.88 bits per heavy atom. The van der Waals surface area contributed by atoms with Crippen molar-refractivity contribution in [2.75, 3.05) is 0 Å². The van der Waals surface area contributed by atoms with E-state index in [9.17, 15) is 30.0 Å². The molecule has 2 saturated carbocycles. The SMILES string of the molecule is C[C@]12CCC3c4ccc(OC5O[C@H](C(=O)[O-])[C@@H](O)[C@H](O)[C@H]5O)cc4CCC3C1CCC2=O.[Na+]. The van der Waals surface area contributed by atoms with Gasteiger partial charge in [-0.25, -0.2) is 0 Å². The predicted octanol–water partition coefficient (Wildman–Crippen LogP) is -2.95. The monoisotopic (exact) mass is 468 g/mol. The van der Waals surface area contributed by atoms with Crippen LogP contribution >= 0.6 is 0 Å². The molecule has 3 N–H and O–H groups in total. The van der Waals surface area contributed by atoms with Crippen LogP contribution in [0.1, 0.15) is 56.1 Å². The average molecular weight is 468 g/mol. The van der Waals surface area contributed by atoms with Gasteiger partial charge in [0.2, 0.25) is 6.29 Å². The van der Waals surface area contributed by atoms with Crippen LogP contribution < -0.4 is 39.4 Å². The smallest absolute Gasteiger partial charge is 0.547 e. The summed E-state index contributed by atoms with van der Waals surface area (Å²) in [6.07, 6.45) is -2.97. The van der Waals surface area contributed by atoms with Crippen molar-refractivity contribution in [3.05, 3.63) is 29.3 Å². The Balaban J connectivity index is 0.00000259. The zero-order valence-corrected chi connectivity index (χ0v) is 21.0. The molecule has 0 radical (unpaired) electrons. The first-order valence-electron chi connectivity index (χ1n) is 11.4. The number of hydrogen-bond donors (Lipinski definition) is 3. The van der Waals surface area contributed by atoms with E-state index in [1.54, 1.807) is 6.07 Å². The fourth-order valence-corrected chi connectivity index (χ4v) is 6.68. The summed E-state index contributed by atoms with van der Waals surface area (Å²) in [4.78, 5) is 23.7. The van der Waals surface area contributed by atoms with Crippen LogP contribution in [0.4, 0.5) is 0 Å². The third-order valence-electron chi connectivity index (χ3n) is 8.46. The summed E-state index contributed by atoms with van der Waals surface area (Å²) in [6.45, 7) is 2.15. The number of aliphatic carboxylic acids is 1. The van der Waals surface area contributed by atoms with Gasteiger partial charge < -0.3 is 34.7 Å². The largest absolute Gasteiger partial charge is 1.00 e. The van der Waals surface area contributed by atoms with Gasteiger partial charge in [-0.2, -0.15) is 0 Å². The van der Waals surface area contributed by atoms with Crippen molar-refractivity contribution in [1.82, 2.24) is 0 Å². The number of aryl methyl sites for hydroxylation is 1. The van der Waals surface area contributed by atoms with Gasteiger partial charge in [0.25, 0.3) is 0 Å². The van der Waals surface area contributed by atoms with Crippen LogP contribution in [-0.2, 0) is 20.7 Å². The maximum Gasteiger partial charge on any atom is 1.00 e. The number of fused-ring (bicyclic) bond motifs is 5. The quantitative estimate of drug-likeness (QED) is 0.401. The molecule has 0 amide bonds. The molecule has 9 atom stereocenters. The minimum Gasteiger partial charge on any atom is -0.547 e. The molecule has 5 rings (SSSR count). The van der Waals surface area contributed by atoms with Gasteiger partial charge in [0, 0.05) is 11.8 Å². The molecular weight excluding hydrogens is 439 g/mol. The van der Waals surface area contributed by atoms with E-state index in [2.05, 4.69) is 6.92 Å². The van der Waals surface area contributed by atoms with E-state index in [4.69, 9.17) is 9.47 Å². The zero-order chi connectivity index (χ0) is 22.8. The van der Waals surface area contributed by atoms with Crippen molar-refractivity contribution in [2.45, 2.75) is 82.1 Å². The standard InChI is InChI=1S/C24H30O8.Na/c1-24-9-8-14-13-5-3-12(10-11(13)2-4-15(14)16(24)6-7-17(24)25)31-23-20(28)18(26)19(27)21(32-23)22(29)30;/h3,5,10,14-16,18-21,23,26-28H,2,4,6-9H2,1H3,(H,29,30);/q;+1/p-1/t14?,15?,16?,18-,19-,20+,21-,23?,24-;/m0./s1. The van der Waals surface area contributed by atoms with Gasteiger partial charge in [-0.15, -0.1) is 0 Å². The Kier molecular flexibility index (Phi) is 7.02. The zero-order valence-electron chi connectivity index (χ0n) is 19.0. The molecule has 33 heavy (non-hydrogen) atoms. The van der Waals surface area contributed by atoms with E-state index < -0.39 is 36.7 Å². The molecule has 1 aliphatic heterocycles. The second-order valence-electron chi connectivity index (χ2n) is 10.0. The molecule has 4 unspecified atom stereocenters. The van der Waals surface area contributed by atoms with Gasteiger partial charge in [0.05, 0.1) is 5.97 Å². The van der Waals surface area contributed by atoms with E-state index in [1.165, 1.54) is 5.56 Å². The van der Waals surface area contributed by atoms with E-state index in [0.717, 1.165) is 37.7 Å². The predicted molar refractivity (Wildman–Crippen MR) is 108 cm³/mol. The summed E-state index contributed by atoms with van der Waals surface area (Å²) in [5.74, 6) is 0.477. The van der Waals surface area contributed by atoms with Gasteiger partial charge >= 0.3 is 29.6 Å². The second-order valence-corrected chi connectivity index (χ2v) is 10.0. The van der Waals surface area contributed by atoms with Crippen LogP contribution in [0.2, 0.25) is 0 Å². The molecule has 9 heteroatoms. The summed E-state index contributed by atoms with van der Waals surface area (Å²) in [7, 11) is 0. The Hall–Kier alpha value is -1.000. The molecule has 1 aromatic rings. The number of rotatable bonds is 3. The van der Waals surface area contributed by atoms with Gasteiger partial charge in [0.1, 0.15) is 35.9 Å². The van der Waals surface area contributed by atoms with Gasteiger partial charge in [0.15, 0.2) is 0 Å². The molecule has 1 saturated heterocycles. The fourth-order valence-electron chi connectivity index (χ4n) is 6.68. The minimum atomic E-state index is -1.81. The first-order valence-corrected chi connectivity index (χ1v) is 11.4. The minimum absolute atomic E-state index is 0. The van der Waals surface area contributed by atoms with Gasteiger partial charge in [-0.1, -0.05) is 13.0 Å². The molecule has 8 nitrogen and oxygen atoms in total. The van der Waals surface area contributed by atoms with Crippen molar-refractivity contribution in [2.24, 2.45) is 17.3 Å². The van der Waals surface area contributed by atoms with Crippen LogP contribution in [0.25, 0.3) is 0 Å². The molecule has 174 valence electrons. The number of ketones is 1. The molecule has 3 aliphatic carbocycles. The number of aliphatic hydroxyl groups is 3. The van der Waals surface area contributed by atoms with E-state index >= 15 is 0 Å². The average Bonchev–Trinajstić information content (AvgIpc) is 3.08. The number of Topliss-reactive ketones (excluding diaryl/α,β-unsaturated/α-hetero) is 1. The number of ether oxygens (including phenoxy) is 2. The van der Waals surface area contributed by atoms with Gasteiger partial charge in [-0.3, -0.25) is 4.79 Å². The summed E-state index contributed by atoms with van der Waals surface area (Å²) in [5.41, 5.74) is 2.24. The van der Waals surface area contributed by atoms with Crippen molar-refractivity contribution >= 4 is 11.8 Å². The van der Waals surface area contributed by atoms with E-state index in [0.29, 0.717) is 35.7 Å². The number of benzene rings is 1. The van der Waals surface area contributed by atoms with Crippen molar-refractivity contribution in [1.29, 1.82) is 0 Å². The maximum absolute atomic E-state index is 12.5. The summed E-state index contributed by atoms with van der Waals surface area (Å²) in [6, 6.07) is 5.65. The normalized spacial score (nSPS) is 41.9. The Bertz CT molecular complexity index is 937. The summed E-state index contributed by atoms with van der Waals surface area (Å²) < 4.78 is 10.9. The topological polar surface area (TPSA) is 136 Å². The molecule has 0 aromatic heterocycles. The molecule has 1 heterocycles. The summed E-state index contributed by atoms with van der Waals surface area (Å²) in [5, 5.41) is 41.2. The second kappa shape index (κ2) is 9.22. The van der Waals surface area contributed by atoms with Gasteiger partial charge in [-0.05, 0) is 73.1 Å². The molecule has 1 aromatic carbocycles. The van der Waals surface area contributed by atoms with Crippen LogP contribution in [0.15, 0.2) is 18.2 Å². The number of aliphatic hydroxyl groups excluding tert-OH is 3.